The van der Waals surface area contributed by atoms with Crippen molar-refractivity contribution in [1.82, 2.24) is 0 Å². The molecule has 1 aromatic heterocycles. The standard InChI is InChI=1S/C12H17NO/c13-12-6-3-11(4-7-12,5-8-12)10-2-1-9-14-10/h1-2,9H,3-8,13H2. The highest BCUT2D eigenvalue weighted by molar-refractivity contribution is 5.20. The van der Waals surface area contributed by atoms with Crippen LogP contribution in [0.3, 0.4) is 0 Å². The first-order chi connectivity index (χ1) is 6.73. The van der Waals surface area contributed by atoms with Gasteiger partial charge in [-0.3, -0.25) is 0 Å². The van der Waals surface area contributed by atoms with Gasteiger partial charge in [0, 0.05) is 11.0 Å². The summed E-state index contributed by atoms with van der Waals surface area (Å²) in [7, 11) is 0. The Morgan fingerprint density at radius 2 is 1.71 bits per heavy atom. The summed E-state index contributed by atoms with van der Waals surface area (Å²) >= 11 is 0. The van der Waals surface area contributed by atoms with Gasteiger partial charge in [-0.15, -0.1) is 0 Å². The van der Waals surface area contributed by atoms with Crippen molar-refractivity contribution in [3.63, 3.8) is 0 Å². The number of hydrogen-bond donors (Lipinski definition) is 1. The molecule has 1 heterocycles. The van der Waals surface area contributed by atoms with Gasteiger partial charge in [0.15, 0.2) is 0 Å². The third-order valence-electron chi connectivity index (χ3n) is 4.35. The Morgan fingerprint density at radius 1 is 1.07 bits per heavy atom. The van der Waals surface area contributed by atoms with Crippen LogP contribution in [0.2, 0.25) is 0 Å². The highest BCUT2D eigenvalue weighted by atomic mass is 16.3. The predicted molar refractivity (Wildman–Crippen MR) is 55.0 cm³/mol. The number of fused-ring (bicyclic) bond motifs is 3. The minimum atomic E-state index is 0.161. The third kappa shape index (κ3) is 1.07. The second kappa shape index (κ2) is 2.63. The molecule has 0 unspecified atom stereocenters. The van der Waals surface area contributed by atoms with Crippen LogP contribution in [-0.4, -0.2) is 5.54 Å². The van der Waals surface area contributed by atoms with Gasteiger partial charge in [0.25, 0.3) is 0 Å². The van der Waals surface area contributed by atoms with E-state index in [-0.39, 0.29) is 5.54 Å². The fourth-order valence-electron chi connectivity index (χ4n) is 3.16. The van der Waals surface area contributed by atoms with Gasteiger partial charge in [0.2, 0.25) is 0 Å². The summed E-state index contributed by atoms with van der Waals surface area (Å²) in [4.78, 5) is 0. The number of rotatable bonds is 1. The maximum absolute atomic E-state index is 6.28. The van der Waals surface area contributed by atoms with Gasteiger partial charge < -0.3 is 10.2 Å². The van der Waals surface area contributed by atoms with Crippen LogP contribution in [0, 0.1) is 0 Å². The molecule has 2 heteroatoms. The molecule has 3 aliphatic rings. The van der Waals surface area contributed by atoms with Gasteiger partial charge in [0.05, 0.1) is 6.26 Å². The van der Waals surface area contributed by atoms with Crippen molar-refractivity contribution in [1.29, 1.82) is 0 Å². The van der Waals surface area contributed by atoms with E-state index in [0.29, 0.717) is 5.41 Å². The van der Waals surface area contributed by atoms with Crippen LogP contribution in [0.1, 0.15) is 44.3 Å². The van der Waals surface area contributed by atoms with Crippen molar-refractivity contribution in [2.75, 3.05) is 0 Å². The molecular weight excluding hydrogens is 174 g/mol. The van der Waals surface area contributed by atoms with Gasteiger partial charge in [-0.25, -0.2) is 0 Å². The normalized spacial score (nSPS) is 41.5. The van der Waals surface area contributed by atoms with Crippen LogP contribution in [0.15, 0.2) is 22.8 Å². The van der Waals surface area contributed by atoms with Crippen molar-refractivity contribution >= 4 is 0 Å². The van der Waals surface area contributed by atoms with Gasteiger partial charge >= 0.3 is 0 Å². The zero-order valence-electron chi connectivity index (χ0n) is 8.46. The first-order valence-electron chi connectivity index (χ1n) is 5.56. The number of nitrogens with two attached hydrogens (primary N) is 1. The van der Waals surface area contributed by atoms with E-state index in [2.05, 4.69) is 6.07 Å². The second-order valence-corrected chi connectivity index (χ2v) is 5.12. The zero-order valence-corrected chi connectivity index (χ0v) is 8.46. The van der Waals surface area contributed by atoms with Crippen LogP contribution >= 0.6 is 0 Å². The molecule has 0 aromatic carbocycles. The van der Waals surface area contributed by atoms with E-state index >= 15 is 0 Å². The number of furan rings is 1. The molecule has 2 bridgehead atoms. The van der Waals surface area contributed by atoms with E-state index < -0.39 is 0 Å². The van der Waals surface area contributed by atoms with Crippen LogP contribution in [-0.2, 0) is 5.41 Å². The minimum absolute atomic E-state index is 0.161. The lowest BCUT2D eigenvalue weighted by molar-refractivity contribution is 0.0901. The molecule has 4 rings (SSSR count). The lowest BCUT2D eigenvalue weighted by Crippen LogP contribution is -2.53. The summed E-state index contributed by atoms with van der Waals surface area (Å²) < 4.78 is 5.58. The van der Waals surface area contributed by atoms with Crippen LogP contribution < -0.4 is 5.73 Å². The fourth-order valence-corrected chi connectivity index (χ4v) is 3.16. The van der Waals surface area contributed by atoms with Crippen molar-refractivity contribution in [2.45, 2.75) is 49.5 Å². The van der Waals surface area contributed by atoms with Crippen molar-refractivity contribution in [3.8, 4) is 0 Å². The highest BCUT2D eigenvalue weighted by Crippen LogP contribution is 2.52. The lowest BCUT2D eigenvalue weighted by atomic mass is 9.57. The monoisotopic (exact) mass is 191 g/mol. The molecule has 0 amide bonds. The molecular formula is C12H17NO. The Balaban J connectivity index is 1.93. The van der Waals surface area contributed by atoms with Gasteiger partial charge in [-0.1, -0.05) is 0 Å². The molecule has 0 saturated heterocycles. The highest BCUT2D eigenvalue weighted by Gasteiger charge is 2.48. The quantitative estimate of drug-likeness (QED) is 0.741. The molecule has 3 saturated carbocycles. The first-order valence-corrected chi connectivity index (χ1v) is 5.56. The van der Waals surface area contributed by atoms with E-state index in [1.54, 1.807) is 6.26 Å². The van der Waals surface area contributed by atoms with Gasteiger partial charge in [-0.05, 0) is 50.7 Å². The Kier molecular flexibility index (Phi) is 1.61. The molecule has 0 radical (unpaired) electrons. The summed E-state index contributed by atoms with van der Waals surface area (Å²) in [6.45, 7) is 0. The fraction of sp³-hybridized carbons (Fsp3) is 0.667. The Bertz CT molecular complexity index is 304. The molecule has 1 aromatic rings. The third-order valence-corrected chi connectivity index (χ3v) is 4.35. The zero-order chi connectivity index (χ0) is 9.65. The Hall–Kier alpha value is -0.760. The molecule has 0 atom stereocenters. The van der Waals surface area contributed by atoms with Crippen molar-refractivity contribution in [2.24, 2.45) is 5.73 Å². The van der Waals surface area contributed by atoms with E-state index in [1.165, 1.54) is 44.3 Å². The molecule has 14 heavy (non-hydrogen) atoms. The molecule has 3 fully saturated rings. The predicted octanol–water partition coefficient (Wildman–Crippen LogP) is 2.58. The molecule has 76 valence electrons. The Morgan fingerprint density at radius 3 is 2.21 bits per heavy atom. The SMILES string of the molecule is NC12CCC(c3ccco3)(CC1)CC2. The molecule has 0 aliphatic heterocycles. The smallest absolute Gasteiger partial charge is 0.109 e. The van der Waals surface area contributed by atoms with Crippen molar-refractivity contribution in [3.05, 3.63) is 24.2 Å². The molecule has 2 nitrogen and oxygen atoms in total. The summed E-state index contributed by atoms with van der Waals surface area (Å²) in [5.74, 6) is 1.19. The van der Waals surface area contributed by atoms with E-state index in [0.717, 1.165) is 0 Å². The average molecular weight is 191 g/mol. The van der Waals surface area contributed by atoms with Gasteiger partial charge in [0.1, 0.15) is 5.76 Å². The van der Waals surface area contributed by atoms with Gasteiger partial charge in [-0.2, -0.15) is 0 Å². The second-order valence-electron chi connectivity index (χ2n) is 5.12. The van der Waals surface area contributed by atoms with Crippen LogP contribution in [0.5, 0.6) is 0 Å². The maximum atomic E-state index is 6.28. The van der Waals surface area contributed by atoms with E-state index in [9.17, 15) is 0 Å². The van der Waals surface area contributed by atoms with Crippen LogP contribution in [0.25, 0.3) is 0 Å². The van der Waals surface area contributed by atoms with E-state index in [1.807, 2.05) is 6.07 Å². The summed E-state index contributed by atoms with van der Waals surface area (Å²) in [5.41, 5.74) is 6.78. The number of hydrogen-bond acceptors (Lipinski definition) is 2. The summed E-state index contributed by atoms with van der Waals surface area (Å²) in [6.07, 6.45) is 8.98. The minimum Gasteiger partial charge on any atom is -0.469 e. The lowest BCUT2D eigenvalue weighted by Gasteiger charge is -2.50. The maximum Gasteiger partial charge on any atom is 0.109 e. The largest absolute Gasteiger partial charge is 0.469 e. The summed E-state index contributed by atoms with van der Waals surface area (Å²) in [6, 6.07) is 4.14. The Labute approximate surface area is 84.5 Å². The summed E-state index contributed by atoms with van der Waals surface area (Å²) in [5, 5.41) is 0. The first kappa shape index (κ1) is 8.54. The molecule has 3 aliphatic carbocycles. The van der Waals surface area contributed by atoms with Crippen LogP contribution in [0.4, 0.5) is 0 Å². The topological polar surface area (TPSA) is 39.2 Å². The molecule has 0 spiro atoms. The van der Waals surface area contributed by atoms with E-state index in [4.69, 9.17) is 10.2 Å². The average Bonchev–Trinajstić information content (AvgIpc) is 2.73. The molecule has 2 N–H and O–H groups in total. The van der Waals surface area contributed by atoms with Crippen molar-refractivity contribution < 1.29 is 4.42 Å².